The molecule has 0 spiro atoms. The molecule has 0 saturated heterocycles. The maximum atomic E-state index is 13.4. The van der Waals surface area contributed by atoms with E-state index in [2.05, 4.69) is 5.32 Å². The van der Waals surface area contributed by atoms with Crippen LogP contribution >= 0.6 is 0 Å². The average Bonchev–Trinajstić information content (AvgIpc) is 2.49. The van der Waals surface area contributed by atoms with E-state index in [1.165, 1.54) is 6.07 Å². The van der Waals surface area contributed by atoms with Gasteiger partial charge in [-0.05, 0) is 18.2 Å². The van der Waals surface area contributed by atoms with Crippen molar-refractivity contribution >= 4 is 22.4 Å². The molecule has 0 saturated carbocycles. The Bertz CT molecular complexity index is 631. The minimum Gasteiger partial charge on any atom is -0.326 e. The van der Waals surface area contributed by atoms with E-state index in [0.29, 0.717) is 11.3 Å². The molecule has 0 fully saturated rings. The second kappa shape index (κ2) is 7.69. The van der Waals surface area contributed by atoms with E-state index in [0.717, 1.165) is 0 Å². The molecule has 0 unspecified atom stereocenters. The molecule has 0 aromatic heterocycles. The van der Waals surface area contributed by atoms with Gasteiger partial charge in [-0.1, -0.05) is 36.4 Å². The molecule has 2 aromatic rings. The summed E-state index contributed by atoms with van der Waals surface area (Å²) in [6.07, 6.45) is 0.149. The fraction of sp³-hybridized carbons (Fsp3) is 0.188. The van der Waals surface area contributed by atoms with Gasteiger partial charge in [0, 0.05) is 34.2 Å². The van der Waals surface area contributed by atoms with E-state index in [1.807, 2.05) is 18.2 Å². The van der Waals surface area contributed by atoms with Crippen LogP contribution in [0.25, 0.3) is 0 Å². The first-order chi connectivity index (χ1) is 10.1. The molecule has 3 nitrogen and oxygen atoms in total. The lowest BCUT2D eigenvalue weighted by Crippen LogP contribution is -2.15. The number of hydrogen-bond donors (Lipinski definition) is 1. The molecule has 0 radical (unpaired) electrons. The highest BCUT2D eigenvalue weighted by molar-refractivity contribution is 7.84. The monoisotopic (exact) mass is 305 g/mol. The molecule has 5 heteroatoms. The van der Waals surface area contributed by atoms with E-state index in [4.69, 9.17) is 0 Å². The van der Waals surface area contributed by atoms with E-state index in [9.17, 15) is 13.4 Å². The third kappa shape index (κ3) is 5.11. The van der Waals surface area contributed by atoms with Crippen LogP contribution < -0.4 is 5.32 Å². The van der Waals surface area contributed by atoms with Gasteiger partial charge in [0.1, 0.15) is 5.82 Å². The number of anilines is 1. The lowest BCUT2D eigenvalue weighted by Gasteiger charge is -2.06. The number of rotatable bonds is 6. The van der Waals surface area contributed by atoms with Gasteiger partial charge in [-0.15, -0.1) is 0 Å². The molecule has 0 aliphatic heterocycles. The largest absolute Gasteiger partial charge is 0.326 e. The quantitative estimate of drug-likeness (QED) is 0.891. The summed E-state index contributed by atoms with van der Waals surface area (Å²) >= 11 is 0. The summed E-state index contributed by atoms with van der Waals surface area (Å²) in [6.45, 7) is 0. The van der Waals surface area contributed by atoms with Crippen LogP contribution in [-0.4, -0.2) is 15.9 Å². The Morgan fingerprint density at radius 3 is 2.43 bits per heavy atom. The third-order valence-corrected chi connectivity index (χ3v) is 4.18. The van der Waals surface area contributed by atoms with Gasteiger partial charge < -0.3 is 5.32 Å². The van der Waals surface area contributed by atoms with Gasteiger partial charge in [0.25, 0.3) is 0 Å². The number of benzene rings is 2. The Balaban J connectivity index is 1.79. The number of carbonyl (C=O) groups excluding carboxylic acids is 1. The summed E-state index contributed by atoms with van der Waals surface area (Å²) in [6, 6.07) is 15.3. The molecule has 0 aliphatic rings. The standard InChI is InChI=1S/C16H16FNO2S/c17-15-9-5-4-6-13(15)12-21(20)11-10-16(19)18-14-7-2-1-3-8-14/h1-9H,10-12H2,(H,18,19)/t21-/m0/s1. The van der Waals surface area contributed by atoms with E-state index < -0.39 is 10.8 Å². The highest BCUT2D eigenvalue weighted by Gasteiger charge is 2.09. The summed E-state index contributed by atoms with van der Waals surface area (Å²) in [7, 11) is -1.26. The van der Waals surface area contributed by atoms with Crippen LogP contribution in [0, 0.1) is 5.82 Å². The molecule has 1 atom stereocenters. The molecule has 0 aliphatic carbocycles. The molecule has 1 amide bonds. The van der Waals surface area contributed by atoms with Crippen molar-refractivity contribution in [3.05, 3.63) is 66.0 Å². The predicted molar refractivity (Wildman–Crippen MR) is 82.8 cm³/mol. The minimum atomic E-state index is -1.26. The molecule has 110 valence electrons. The lowest BCUT2D eigenvalue weighted by atomic mass is 10.2. The first-order valence-corrected chi connectivity index (χ1v) is 8.07. The molecular formula is C16H16FNO2S. The summed E-state index contributed by atoms with van der Waals surface area (Å²) in [5.74, 6) is -0.208. The van der Waals surface area contributed by atoms with Gasteiger partial charge >= 0.3 is 0 Å². The average molecular weight is 305 g/mol. The van der Waals surface area contributed by atoms with Crippen molar-refractivity contribution in [3.63, 3.8) is 0 Å². The number of amides is 1. The topological polar surface area (TPSA) is 46.2 Å². The van der Waals surface area contributed by atoms with Crippen LogP contribution in [0.5, 0.6) is 0 Å². The summed E-state index contributed by atoms with van der Waals surface area (Å²) < 4.78 is 25.3. The Morgan fingerprint density at radius 1 is 1.05 bits per heavy atom. The van der Waals surface area contributed by atoms with Crippen molar-refractivity contribution in [2.45, 2.75) is 12.2 Å². The molecule has 1 N–H and O–H groups in total. The molecule has 2 rings (SSSR count). The van der Waals surface area contributed by atoms with Crippen molar-refractivity contribution in [1.82, 2.24) is 0 Å². The van der Waals surface area contributed by atoms with Gasteiger partial charge in [-0.2, -0.15) is 0 Å². The van der Waals surface area contributed by atoms with Crippen molar-refractivity contribution in [3.8, 4) is 0 Å². The normalized spacial score (nSPS) is 11.9. The second-order valence-corrected chi connectivity index (χ2v) is 6.12. The highest BCUT2D eigenvalue weighted by atomic mass is 32.2. The maximum absolute atomic E-state index is 13.4. The van der Waals surface area contributed by atoms with E-state index >= 15 is 0 Å². The second-order valence-electron chi connectivity index (χ2n) is 4.54. The molecular weight excluding hydrogens is 289 g/mol. The third-order valence-electron chi connectivity index (χ3n) is 2.89. The minimum absolute atomic E-state index is 0.130. The molecule has 0 bridgehead atoms. The SMILES string of the molecule is O=C(CC[S@](=O)Cc1ccccc1F)Nc1ccccc1. The number of nitrogens with one attached hydrogen (secondary N) is 1. The summed E-state index contributed by atoms with van der Waals surface area (Å²) in [4.78, 5) is 11.7. The molecule has 2 aromatic carbocycles. The van der Waals surface area contributed by atoms with Gasteiger partial charge in [-0.3, -0.25) is 9.00 Å². The first-order valence-electron chi connectivity index (χ1n) is 6.58. The first kappa shape index (κ1) is 15.4. The predicted octanol–water partition coefficient (Wildman–Crippen LogP) is 3.10. The zero-order chi connectivity index (χ0) is 15.1. The van der Waals surface area contributed by atoms with Crippen molar-refractivity contribution < 1.29 is 13.4 Å². The van der Waals surface area contributed by atoms with Crippen molar-refractivity contribution in [2.24, 2.45) is 0 Å². The van der Waals surface area contributed by atoms with E-state index in [-0.39, 0.29) is 29.7 Å². The Labute approximate surface area is 125 Å². The van der Waals surface area contributed by atoms with Crippen LogP contribution in [0.3, 0.4) is 0 Å². The van der Waals surface area contributed by atoms with Gasteiger partial charge in [0.05, 0.1) is 5.75 Å². The Morgan fingerprint density at radius 2 is 1.71 bits per heavy atom. The van der Waals surface area contributed by atoms with Crippen molar-refractivity contribution in [1.29, 1.82) is 0 Å². The molecule has 0 heterocycles. The Kier molecular flexibility index (Phi) is 5.63. The summed E-state index contributed by atoms with van der Waals surface area (Å²) in [5, 5.41) is 2.73. The van der Waals surface area contributed by atoms with Gasteiger partial charge in [0.2, 0.25) is 5.91 Å². The van der Waals surface area contributed by atoms with Gasteiger partial charge in [-0.25, -0.2) is 4.39 Å². The summed E-state index contributed by atoms with van der Waals surface area (Å²) in [5.41, 5.74) is 1.13. The lowest BCUT2D eigenvalue weighted by molar-refractivity contribution is -0.115. The number of hydrogen-bond acceptors (Lipinski definition) is 2. The van der Waals surface area contributed by atoms with Crippen molar-refractivity contribution in [2.75, 3.05) is 11.1 Å². The van der Waals surface area contributed by atoms with Crippen LogP contribution in [0.15, 0.2) is 54.6 Å². The number of para-hydroxylation sites is 1. The maximum Gasteiger partial charge on any atom is 0.225 e. The Hall–Kier alpha value is -2.01. The van der Waals surface area contributed by atoms with E-state index in [1.54, 1.807) is 30.3 Å². The number of carbonyl (C=O) groups is 1. The van der Waals surface area contributed by atoms with Gasteiger partial charge in [0.15, 0.2) is 0 Å². The molecule has 21 heavy (non-hydrogen) atoms. The smallest absolute Gasteiger partial charge is 0.225 e. The van der Waals surface area contributed by atoms with Crippen LogP contribution in [-0.2, 0) is 21.3 Å². The fourth-order valence-corrected chi connectivity index (χ4v) is 2.95. The highest BCUT2D eigenvalue weighted by Crippen LogP contribution is 2.10. The zero-order valence-electron chi connectivity index (χ0n) is 11.4. The zero-order valence-corrected chi connectivity index (χ0v) is 12.2. The number of halogens is 1. The van der Waals surface area contributed by atoms with Crippen LogP contribution in [0.2, 0.25) is 0 Å². The van der Waals surface area contributed by atoms with Crippen LogP contribution in [0.1, 0.15) is 12.0 Å². The van der Waals surface area contributed by atoms with Crippen LogP contribution in [0.4, 0.5) is 10.1 Å². The fourth-order valence-electron chi connectivity index (χ4n) is 1.81.